The number of hydrogen-bond donors (Lipinski definition) is 1. The Morgan fingerprint density at radius 1 is 1.23 bits per heavy atom. The van der Waals surface area contributed by atoms with Crippen molar-refractivity contribution in [3.63, 3.8) is 0 Å². The van der Waals surface area contributed by atoms with Crippen LogP contribution < -0.4 is 0 Å². The van der Waals surface area contributed by atoms with Gasteiger partial charge in [-0.2, -0.15) is 0 Å². The highest BCUT2D eigenvalue weighted by molar-refractivity contribution is 5.99. The zero-order valence-corrected chi connectivity index (χ0v) is 12.3. The van der Waals surface area contributed by atoms with Crippen molar-refractivity contribution in [2.24, 2.45) is 0 Å². The van der Waals surface area contributed by atoms with E-state index in [1.165, 1.54) is 17.4 Å². The first-order chi connectivity index (χ1) is 10.6. The van der Waals surface area contributed by atoms with Gasteiger partial charge in [0.2, 0.25) is 0 Å². The van der Waals surface area contributed by atoms with Crippen molar-refractivity contribution in [2.75, 3.05) is 13.6 Å². The first-order valence-corrected chi connectivity index (χ1v) is 6.92. The maximum atomic E-state index is 12.5. The predicted molar refractivity (Wildman–Crippen MR) is 81.3 cm³/mol. The molecule has 0 spiro atoms. The minimum Gasteiger partial charge on any atom is -0.481 e. The summed E-state index contributed by atoms with van der Waals surface area (Å²) in [4.78, 5) is 32.7. The molecule has 0 fully saturated rings. The third kappa shape index (κ3) is 3.88. The second kappa shape index (κ2) is 7.31. The number of aliphatic carboxylic acids is 1. The lowest BCUT2D eigenvalue weighted by Gasteiger charge is -2.18. The van der Waals surface area contributed by atoms with Crippen molar-refractivity contribution < 1.29 is 14.7 Å². The summed E-state index contributed by atoms with van der Waals surface area (Å²) in [6.07, 6.45) is 3.34. The number of aromatic nitrogens is 2. The van der Waals surface area contributed by atoms with Gasteiger partial charge in [-0.1, -0.05) is 30.3 Å². The lowest BCUT2D eigenvalue weighted by molar-refractivity contribution is -0.137. The molecular formula is C16H17N3O3. The lowest BCUT2D eigenvalue weighted by atomic mass is 10.1. The number of carboxylic acid groups (broad SMARTS) is 1. The summed E-state index contributed by atoms with van der Waals surface area (Å²) >= 11 is 0. The summed E-state index contributed by atoms with van der Waals surface area (Å²) in [5, 5.41) is 8.65. The molecule has 1 aromatic heterocycles. The van der Waals surface area contributed by atoms with Crippen LogP contribution in [0.4, 0.5) is 0 Å². The Morgan fingerprint density at radius 3 is 2.64 bits per heavy atom. The molecule has 0 aliphatic rings. The van der Waals surface area contributed by atoms with Gasteiger partial charge >= 0.3 is 5.97 Å². The minimum atomic E-state index is -0.867. The number of carboxylic acids is 1. The molecule has 0 aliphatic heterocycles. The molecule has 22 heavy (non-hydrogen) atoms. The zero-order valence-electron chi connectivity index (χ0n) is 12.3. The average Bonchev–Trinajstić information content (AvgIpc) is 2.54. The summed E-state index contributed by atoms with van der Waals surface area (Å²) in [7, 11) is 1.64. The molecular weight excluding hydrogens is 282 g/mol. The largest absolute Gasteiger partial charge is 0.481 e. The average molecular weight is 299 g/mol. The van der Waals surface area contributed by atoms with Gasteiger partial charge in [-0.25, -0.2) is 9.97 Å². The first kappa shape index (κ1) is 15.6. The molecule has 114 valence electrons. The zero-order chi connectivity index (χ0) is 15.9. The molecule has 1 amide bonds. The molecule has 0 radical (unpaired) electrons. The molecule has 2 rings (SSSR count). The normalized spacial score (nSPS) is 10.2. The molecule has 6 heteroatoms. The maximum Gasteiger partial charge on any atom is 0.303 e. The molecule has 0 bridgehead atoms. The van der Waals surface area contributed by atoms with E-state index in [9.17, 15) is 9.59 Å². The SMILES string of the molecule is CN(CCCC(=O)O)C(=O)c1cncnc1-c1ccccc1. The molecule has 1 N–H and O–H groups in total. The first-order valence-electron chi connectivity index (χ1n) is 6.92. The van der Waals surface area contributed by atoms with Gasteiger partial charge in [-0.15, -0.1) is 0 Å². The van der Waals surface area contributed by atoms with Crippen LogP contribution in [0.25, 0.3) is 11.3 Å². The van der Waals surface area contributed by atoms with Crippen LogP contribution in [-0.4, -0.2) is 45.4 Å². The van der Waals surface area contributed by atoms with Crippen LogP contribution >= 0.6 is 0 Å². The number of rotatable bonds is 6. The fraction of sp³-hybridized carbons (Fsp3) is 0.250. The fourth-order valence-electron chi connectivity index (χ4n) is 2.09. The maximum absolute atomic E-state index is 12.5. The fourth-order valence-corrected chi connectivity index (χ4v) is 2.09. The van der Waals surface area contributed by atoms with Gasteiger partial charge in [0.25, 0.3) is 5.91 Å². The van der Waals surface area contributed by atoms with Gasteiger partial charge in [-0.05, 0) is 6.42 Å². The smallest absolute Gasteiger partial charge is 0.303 e. The van der Waals surface area contributed by atoms with Crippen molar-refractivity contribution >= 4 is 11.9 Å². The number of amides is 1. The van der Waals surface area contributed by atoms with Crippen molar-refractivity contribution in [3.8, 4) is 11.3 Å². The summed E-state index contributed by atoms with van der Waals surface area (Å²) < 4.78 is 0. The quantitative estimate of drug-likeness (QED) is 0.883. The Bertz CT molecular complexity index is 659. The molecule has 6 nitrogen and oxygen atoms in total. The van der Waals surface area contributed by atoms with Crippen LogP contribution in [0.15, 0.2) is 42.9 Å². The van der Waals surface area contributed by atoms with Crippen LogP contribution in [0.5, 0.6) is 0 Å². The summed E-state index contributed by atoms with van der Waals surface area (Å²) in [6.45, 7) is 0.369. The third-order valence-electron chi connectivity index (χ3n) is 3.22. The van der Waals surface area contributed by atoms with Crippen molar-refractivity contribution in [3.05, 3.63) is 48.4 Å². The number of hydrogen-bond acceptors (Lipinski definition) is 4. The Hall–Kier alpha value is -2.76. The predicted octanol–water partition coefficient (Wildman–Crippen LogP) is 2.08. The number of carbonyl (C=O) groups excluding carboxylic acids is 1. The summed E-state index contributed by atoms with van der Waals surface area (Å²) in [5.41, 5.74) is 1.82. The highest BCUT2D eigenvalue weighted by Gasteiger charge is 2.18. The minimum absolute atomic E-state index is 0.0362. The van der Waals surface area contributed by atoms with E-state index in [-0.39, 0.29) is 12.3 Å². The Labute approximate surface area is 128 Å². The summed E-state index contributed by atoms with van der Waals surface area (Å²) in [6, 6.07) is 9.40. The van der Waals surface area contributed by atoms with E-state index in [0.717, 1.165) is 5.56 Å². The standard InChI is InChI=1S/C16H17N3O3/c1-19(9-5-8-14(20)21)16(22)13-10-17-11-18-15(13)12-6-3-2-4-7-12/h2-4,6-7,10-11H,5,8-9H2,1H3,(H,20,21). The second-order valence-electron chi connectivity index (χ2n) is 4.88. The molecule has 1 aromatic carbocycles. The van der Waals surface area contributed by atoms with Crippen LogP contribution in [0.1, 0.15) is 23.2 Å². The van der Waals surface area contributed by atoms with Gasteiger partial charge in [0, 0.05) is 31.8 Å². The molecule has 0 aliphatic carbocycles. The van der Waals surface area contributed by atoms with E-state index in [1.807, 2.05) is 30.3 Å². The summed E-state index contributed by atoms with van der Waals surface area (Å²) in [5.74, 6) is -1.08. The second-order valence-corrected chi connectivity index (χ2v) is 4.88. The highest BCUT2D eigenvalue weighted by Crippen LogP contribution is 2.21. The van der Waals surface area contributed by atoms with E-state index in [1.54, 1.807) is 7.05 Å². The lowest BCUT2D eigenvalue weighted by Crippen LogP contribution is -2.29. The molecule has 0 unspecified atom stereocenters. The highest BCUT2D eigenvalue weighted by atomic mass is 16.4. The Kier molecular flexibility index (Phi) is 5.19. The molecule has 0 saturated carbocycles. The van der Waals surface area contributed by atoms with Crippen molar-refractivity contribution in [1.29, 1.82) is 0 Å². The van der Waals surface area contributed by atoms with E-state index in [0.29, 0.717) is 24.2 Å². The Balaban J connectivity index is 2.18. The van der Waals surface area contributed by atoms with Gasteiger partial charge in [-0.3, -0.25) is 9.59 Å². The van der Waals surface area contributed by atoms with Crippen LogP contribution in [-0.2, 0) is 4.79 Å². The van der Waals surface area contributed by atoms with E-state index in [2.05, 4.69) is 9.97 Å². The van der Waals surface area contributed by atoms with Crippen molar-refractivity contribution in [1.82, 2.24) is 14.9 Å². The topological polar surface area (TPSA) is 83.4 Å². The van der Waals surface area contributed by atoms with Gasteiger partial charge < -0.3 is 10.0 Å². The molecule has 2 aromatic rings. The van der Waals surface area contributed by atoms with Crippen molar-refractivity contribution in [2.45, 2.75) is 12.8 Å². The number of carbonyl (C=O) groups is 2. The van der Waals surface area contributed by atoms with E-state index in [4.69, 9.17) is 5.11 Å². The van der Waals surface area contributed by atoms with Gasteiger partial charge in [0.1, 0.15) is 6.33 Å². The third-order valence-corrected chi connectivity index (χ3v) is 3.22. The van der Waals surface area contributed by atoms with Crippen LogP contribution in [0.3, 0.4) is 0 Å². The van der Waals surface area contributed by atoms with Crippen LogP contribution in [0, 0.1) is 0 Å². The van der Waals surface area contributed by atoms with E-state index >= 15 is 0 Å². The molecule has 0 atom stereocenters. The van der Waals surface area contributed by atoms with Gasteiger partial charge in [0.05, 0.1) is 11.3 Å². The molecule has 1 heterocycles. The molecule has 0 saturated heterocycles. The van der Waals surface area contributed by atoms with E-state index < -0.39 is 5.97 Å². The number of nitrogens with zero attached hydrogens (tertiary/aromatic N) is 3. The number of benzene rings is 1. The monoisotopic (exact) mass is 299 g/mol. The van der Waals surface area contributed by atoms with Gasteiger partial charge in [0.15, 0.2) is 0 Å². The Morgan fingerprint density at radius 2 is 1.95 bits per heavy atom. The van der Waals surface area contributed by atoms with Crippen LogP contribution in [0.2, 0.25) is 0 Å².